The van der Waals surface area contributed by atoms with E-state index in [1.807, 2.05) is 0 Å². The Kier molecular flexibility index (Phi) is 5.08. The minimum Gasteiger partial charge on any atom is -0.479 e. The highest BCUT2D eigenvalue weighted by Gasteiger charge is 2.13. The number of carbonyl (C=O) groups is 3. The van der Waals surface area contributed by atoms with Crippen molar-refractivity contribution in [2.75, 3.05) is 17.2 Å². The predicted octanol–water partition coefficient (Wildman–Crippen LogP) is 1.38. The summed E-state index contributed by atoms with van der Waals surface area (Å²) < 4.78 is 5.16. The topological polar surface area (TPSA) is 105 Å². The molecule has 20 heavy (non-hydrogen) atoms. The summed E-state index contributed by atoms with van der Waals surface area (Å²) in [5, 5.41) is 13.8. The van der Waals surface area contributed by atoms with E-state index in [1.54, 1.807) is 13.0 Å². The van der Waals surface area contributed by atoms with Gasteiger partial charge in [0.1, 0.15) is 5.75 Å². The van der Waals surface area contributed by atoms with Crippen molar-refractivity contribution in [3.8, 4) is 5.75 Å². The number of carboxylic acids is 1. The molecule has 7 nitrogen and oxygen atoms in total. The van der Waals surface area contributed by atoms with E-state index in [1.165, 1.54) is 19.9 Å². The Morgan fingerprint density at radius 2 is 1.75 bits per heavy atom. The molecule has 2 amide bonds. The zero-order valence-electron chi connectivity index (χ0n) is 11.4. The third kappa shape index (κ3) is 4.60. The fourth-order valence-corrected chi connectivity index (χ4v) is 1.66. The average Bonchev–Trinajstić information content (AvgIpc) is 2.25. The molecule has 0 saturated heterocycles. The molecule has 3 N–H and O–H groups in total. The molecular formula is C13H16N2O5. The summed E-state index contributed by atoms with van der Waals surface area (Å²) >= 11 is 0. The molecule has 1 rings (SSSR count). The molecule has 0 spiro atoms. The molecule has 0 atom stereocenters. The van der Waals surface area contributed by atoms with Crippen LogP contribution in [0.3, 0.4) is 0 Å². The third-order valence-corrected chi connectivity index (χ3v) is 2.25. The summed E-state index contributed by atoms with van der Waals surface area (Å²) in [6, 6.07) is 3.14. The van der Waals surface area contributed by atoms with E-state index in [9.17, 15) is 14.4 Å². The highest BCUT2D eigenvalue weighted by Crippen LogP contribution is 2.32. The standard InChI is InChI=1S/C13H16N2O5/c1-7-4-10(14-8(2)16)5-11(15-9(3)17)13(7)20-6-12(18)19/h4-5H,6H2,1-3H3,(H,14,16)(H,15,17)(H,18,19). The number of anilines is 2. The largest absolute Gasteiger partial charge is 0.479 e. The van der Waals surface area contributed by atoms with Crippen LogP contribution in [0, 0.1) is 6.92 Å². The molecule has 0 unspecified atom stereocenters. The Morgan fingerprint density at radius 3 is 2.25 bits per heavy atom. The first-order valence-electron chi connectivity index (χ1n) is 5.84. The average molecular weight is 280 g/mol. The highest BCUT2D eigenvalue weighted by molar-refractivity contribution is 5.94. The van der Waals surface area contributed by atoms with E-state index in [0.717, 1.165) is 0 Å². The normalized spacial score (nSPS) is 9.75. The maximum atomic E-state index is 11.2. The van der Waals surface area contributed by atoms with Crippen LogP contribution >= 0.6 is 0 Å². The van der Waals surface area contributed by atoms with Gasteiger partial charge in [-0.15, -0.1) is 0 Å². The molecule has 0 heterocycles. The van der Waals surface area contributed by atoms with E-state index in [-0.39, 0.29) is 17.6 Å². The molecule has 0 radical (unpaired) electrons. The van der Waals surface area contributed by atoms with Crippen molar-refractivity contribution >= 4 is 29.2 Å². The van der Waals surface area contributed by atoms with Crippen LogP contribution in [-0.2, 0) is 14.4 Å². The molecule has 7 heteroatoms. The van der Waals surface area contributed by atoms with Crippen LogP contribution in [0.4, 0.5) is 11.4 Å². The molecule has 0 fully saturated rings. The number of hydrogen-bond donors (Lipinski definition) is 3. The lowest BCUT2D eigenvalue weighted by Gasteiger charge is -2.15. The van der Waals surface area contributed by atoms with Crippen LogP contribution in [0.5, 0.6) is 5.75 Å². The van der Waals surface area contributed by atoms with Gasteiger partial charge in [0.2, 0.25) is 11.8 Å². The van der Waals surface area contributed by atoms with Crippen molar-refractivity contribution in [2.45, 2.75) is 20.8 Å². The summed E-state index contributed by atoms with van der Waals surface area (Å²) in [6.45, 7) is 3.85. The summed E-state index contributed by atoms with van der Waals surface area (Å²) in [5.41, 5.74) is 1.39. The van der Waals surface area contributed by atoms with Crippen LogP contribution in [0.15, 0.2) is 12.1 Å². The quantitative estimate of drug-likeness (QED) is 0.755. The molecule has 0 aliphatic rings. The number of carboxylic acid groups (broad SMARTS) is 1. The number of ether oxygens (including phenoxy) is 1. The molecule has 1 aromatic rings. The fraction of sp³-hybridized carbons (Fsp3) is 0.308. The number of hydrogen-bond acceptors (Lipinski definition) is 4. The summed E-state index contributed by atoms with van der Waals surface area (Å²) in [6.07, 6.45) is 0. The highest BCUT2D eigenvalue weighted by atomic mass is 16.5. The smallest absolute Gasteiger partial charge is 0.341 e. The van der Waals surface area contributed by atoms with Crippen LogP contribution < -0.4 is 15.4 Å². The van der Waals surface area contributed by atoms with Crippen molar-refractivity contribution in [1.29, 1.82) is 0 Å². The fourth-order valence-electron chi connectivity index (χ4n) is 1.66. The first-order chi connectivity index (χ1) is 9.29. The summed E-state index contributed by atoms with van der Waals surface area (Å²) in [5.74, 6) is -1.44. The predicted molar refractivity (Wildman–Crippen MR) is 72.9 cm³/mol. The van der Waals surface area contributed by atoms with E-state index in [4.69, 9.17) is 9.84 Å². The van der Waals surface area contributed by atoms with Crippen molar-refractivity contribution in [3.05, 3.63) is 17.7 Å². The number of amides is 2. The van der Waals surface area contributed by atoms with Gasteiger partial charge in [0.15, 0.2) is 6.61 Å². The Balaban J connectivity index is 3.15. The first-order valence-corrected chi connectivity index (χ1v) is 5.84. The number of carbonyl (C=O) groups excluding carboxylic acids is 2. The zero-order chi connectivity index (χ0) is 15.3. The van der Waals surface area contributed by atoms with Crippen LogP contribution in [0.25, 0.3) is 0 Å². The van der Waals surface area contributed by atoms with E-state index in [2.05, 4.69) is 10.6 Å². The van der Waals surface area contributed by atoms with Crippen molar-refractivity contribution in [1.82, 2.24) is 0 Å². The van der Waals surface area contributed by atoms with Crippen molar-refractivity contribution in [2.24, 2.45) is 0 Å². The summed E-state index contributed by atoms with van der Waals surface area (Å²) in [7, 11) is 0. The van der Waals surface area contributed by atoms with E-state index in [0.29, 0.717) is 16.9 Å². The molecule has 0 aliphatic carbocycles. The minimum absolute atomic E-state index is 0.252. The van der Waals surface area contributed by atoms with Gasteiger partial charge in [-0.25, -0.2) is 4.79 Å². The zero-order valence-corrected chi connectivity index (χ0v) is 11.4. The second-order valence-corrected chi connectivity index (χ2v) is 4.21. The number of aliphatic carboxylic acids is 1. The van der Waals surface area contributed by atoms with Gasteiger partial charge in [-0.05, 0) is 24.6 Å². The monoisotopic (exact) mass is 280 g/mol. The molecule has 1 aromatic carbocycles. The number of nitrogens with one attached hydrogen (secondary N) is 2. The van der Waals surface area contributed by atoms with Crippen molar-refractivity contribution in [3.63, 3.8) is 0 Å². The maximum absolute atomic E-state index is 11.2. The number of aryl methyl sites for hydroxylation is 1. The van der Waals surface area contributed by atoms with E-state index >= 15 is 0 Å². The minimum atomic E-state index is -1.12. The second-order valence-electron chi connectivity index (χ2n) is 4.21. The first kappa shape index (κ1) is 15.5. The maximum Gasteiger partial charge on any atom is 0.341 e. The van der Waals surface area contributed by atoms with Crippen molar-refractivity contribution < 1.29 is 24.2 Å². The number of rotatable bonds is 5. The van der Waals surface area contributed by atoms with Gasteiger partial charge in [-0.3, -0.25) is 9.59 Å². The van der Waals surface area contributed by atoms with Crippen LogP contribution in [0.2, 0.25) is 0 Å². The molecule has 0 aromatic heterocycles. The van der Waals surface area contributed by atoms with Crippen LogP contribution in [0.1, 0.15) is 19.4 Å². The van der Waals surface area contributed by atoms with Crippen LogP contribution in [-0.4, -0.2) is 29.5 Å². The van der Waals surface area contributed by atoms with Gasteiger partial charge in [-0.2, -0.15) is 0 Å². The lowest BCUT2D eigenvalue weighted by molar-refractivity contribution is -0.139. The lowest BCUT2D eigenvalue weighted by atomic mass is 10.1. The molecule has 0 saturated carbocycles. The Labute approximate surface area is 115 Å². The Bertz CT molecular complexity index is 554. The Morgan fingerprint density at radius 1 is 1.15 bits per heavy atom. The van der Waals surface area contributed by atoms with Gasteiger partial charge in [0.25, 0.3) is 0 Å². The van der Waals surface area contributed by atoms with Gasteiger partial charge >= 0.3 is 5.97 Å². The van der Waals surface area contributed by atoms with Gasteiger partial charge in [-0.1, -0.05) is 0 Å². The van der Waals surface area contributed by atoms with Gasteiger partial charge < -0.3 is 20.5 Å². The third-order valence-electron chi connectivity index (χ3n) is 2.25. The van der Waals surface area contributed by atoms with Gasteiger partial charge in [0, 0.05) is 19.5 Å². The second kappa shape index (κ2) is 6.55. The lowest BCUT2D eigenvalue weighted by Crippen LogP contribution is -2.14. The van der Waals surface area contributed by atoms with E-state index < -0.39 is 12.6 Å². The SMILES string of the molecule is CC(=O)Nc1cc(C)c(OCC(=O)O)c(NC(C)=O)c1. The molecular weight excluding hydrogens is 264 g/mol. The molecule has 108 valence electrons. The number of benzene rings is 1. The Hall–Kier alpha value is -2.57. The van der Waals surface area contributed by atoms with Gasteiger partial charge in [0.05, 0.1) is 5.69 Å². The molecule has 0 aliphatic heterocycles. The molecule has 0 bridgehead atoms. The summed E-state index contributed by atoms with van der Waals surface area (Å²) in [4.78, 5) is 32.8.